The quantitative estimate of drug-likeness (QED) is 0.626. The molecule has 0 spiro atoms. The molecule has 0 aliphatic carbocycles. The monoisotopic (exact) mass is 391 g/mol. The van der Waals surface area contributed by atoms with E-state index in [1.807, 2.05) is 35.0 Å². The van der Waals surface area contributed by atoms with Crippen molar-refractivity contribution in [1.29, 1.82) is 0 Å². The predicted octanol–water partition coefficient (Wildman–Crippen LogP) is 2.71. The number of aromatic nitrogens is 2. The van der Waals surface area contributed by atoms with Crippen LogP contribution in [-0.4, -0.2) is 31.3 Å². The summed E-state index contributed by atoms with van der Waals surface area (Å²) in [7, 11) is -3.51. The molecule has 0 bridgehead atoms. The lowest BCUT2D eigenvalue weighted by Crippen LogP contribution is -2.24. The van der Waals surface area contributed by atoms with Crippen molar-refractivity contribution >= 4 is 21.4 Å². The lowest BCUT2D eigenvalue weighted by molar-refractivity contribution is 0.174. The van der Waals surface area contributed by atoms with Gasteiger partial charge in [0.2, 0.25) is 16.8 Å². The van der Waals surface area contributed by atoms with Gasteiger partial charge in [-0.2, -0.15) is 0 Å². The molecule has 1 aliphatic heterocycles. The minimum atomic E-state index is -3.51. The lowest BCUT2D eigenvalue weighted by Gasteiger charge is -2.05. The minimum absolute atomic E-state index is 0.214. The Bertz CT molecular complexity index is 997. The molecule has 3 heterocycles. The molecule has 1 aromatic carbocycles. The van der Waals surface area contributed by atoms with Crippen molar-refractivity contribution in [2.24, 2.45) is 0 Å². The summed E-state index contributed by atoms with van der Waals surface area (Å²) in [6.07, 6.45) is 5.96. The largest absolute Gasteiger partial charge is 0.454 e. The number of imidazole rings is 1. The molecule has 0 radical (unpaired) electrons. The van der Waals surface area contributed by atoms with Crippen LogP contribution in [0.25, 0.3) is 10.4 Å². The number of hydrogen-bond acceptors (Lipinski definition) is 6. The van der Waals surface area contributed by atoms with Crippen LogP contribution in [0.4, 0.5) is 0 Å². The van der Waals surface area contributed by atoms with Crippen molar-refractivity contribution in [3.05, 3.63) is 49.1 Å². The summed E-state index contributed by atoms with van der Waals surface area (Å²) >= 11 is 1.23. The van der Waals surface area contributed by atoms with Crippen molar-refractivity contribution in [1.82, 2.24) is 14.3 Å². The van der Waals surface area contributed by atoms with Crippen molar-refractivity contribution in [3.8, 4) is 21.9 Å². The van der Waals surface area contributed by atoms with Gasteiger partial charge in [-0.05, 0) is 42.3 Å². The zero-order chi connectivity index (χ0) is 18.0. The number of nitrogens with zero attached hydrogens (tertiary/aromatic N) is 2. The van der Waals surface area contributed by atoms with Crippen LogP contribution in [0, 0.1) is 0 Å². The van der Waals surface area contributed by atoms with E-state index < -0.39 is 10.0 Å². The highest BCUT2D eigenvalue weighted by Crippen LogP contribution is 2.38. The number of hydrogen-bond donors (Lipinski definition) is 1. The molecule has 9 heteroatoms. The first-order valence-electron chi connectivity index (χ1n) is 8.07. The van der Waals surface area contributed by atoms with E-state index in [2.05, 4.69) is 9.71 Å². The smallest absolute Gasteiger partial charge is 0.250 e. The molecule has 0 fully saturated rings. The van der Waals surface area contributed by atoms with Gasteiger partial charge >= 0.3 is 0 Å². The normalized spacial score (nSPS) is 13.2. The second kappa shape index (κ2) is 7.10. The Morgan fingerprint density at radius 2 is 2.08 bits per heavy atom. The van der Waals surface area contributed by atoms with Gasteiger partial charge in [-0.15, -0.1) is 11.3 Å². The third kappa shape index (κ3) is 3.59. The molecule has 7 nitrogen and oxygen atoms in total. The van der Waals surface area contributed by atoms with Crippen LogP contribution in [0.5, 0.6) is 11.5 Å². The molecule has 0 unspecified atom stereocenters. The summed E-state index contributed by atoms with van der Waals surface area (Å²) in [6, 6.07) is 9.03. The van der Waals surface area contributed by atoms with Crippen LogP contribution in [0.1, 0.15) is 6.42 Å². The van der Waals surface area contributed by atoms with Gasteiger partial charge in [-0.3, -0.25) is 0 Å². The number of nitrogens with one attached hydrogen (secondary N) is 1. The average Bonchev–Trinajstić information content (AvgIpc) is 3.39. The third-order valence-corrected chi connectivity index (χ3v) is 7.03. The van der Waals surface area contributed by atoms with Crippen LogP contribution in [0.3, 0.4) is 0 Å². The molecule has 0 saturated heterocycles. The van der Waals surface area contributed by atoms with Crippen molar-refractivity contribution in [2.45, 2.75) is 17.2 Å². The molecule has 1 N–H and O–H groups in total. The maximum absolute atomic E-state index is 12.5. The van der Waals surface area contributed by atoms with Gasteiger partial charge in [0.05, 0.1) is 6.33 Å². The fraction of sp³-hybridized carbons (Fsp3) is 0.235. The van der Waals surface area contributed by atoms with Gasteiger partial charge in [0.1, 0.15) is 4.21 Å². The first-order chi connectivity index (χ1) is 12.6. The molecule has 0 saturated carbocycles. The summed E-state index contributed by atoms with van der Waals surface area (Å²) in [5.74, 6) is 1.38. The molecule has 2 aromatic heterocycles. The number of thiophene rings is 1. The maximum atomic E-state index is 12.5. The Morgan fingerprint density at radius 1 is 1.19 bits per heavy atom. The molecule has 0 amide bonds. The molecule has 1 aliphatic rings. The zero-order valence-electron chi connectivity index (χ0n) is 13.8. The SMILES string of the molecule is O=S(=O)(NCCCn1ccnc1)c1ccc(-c2ccc3c(c2)OCO3)s1. The Balaban J connectivity index is 1.41. The van der Waals surface area contributed by atoms with Gasteiger partial charge in [0.25, 0.3) is 0 Å². The van der Waals surface area contributed by atoms with Gasteiger partial charge < -0.3 is 14.0 Å². The summed E-state index contributed by atoms with van der Waals surface area (Å²) in [4.78, 5) is 4.82. The number of benzene rings is 1. The first-order valence-corrected chi connectivity index (χ1v) is 10.4. The van der Waals surface area contributed by atoms with Gasteiger partial charge in [0, 0.05) is 30.4 Å². The average molecular weight is 391 g/mol. The summed E-state index contributed by atoms with van der Waals surface area (Å²) in [5, 5.41) is 0. The van der Waals surface area contributed by atoms with E-state index in [9.17, 15) is 8.42 Å². The van der Waals surface area contributed by atoms with Crippen LogP contribution < -0.4 is 14.2 Å². The van der Waals surface area contributed by atoms with Crippen molar-refractivity contribution in [3.63, 3.8) is 0 Å². The fourth-order valence-corrected chi connectivity index (χ4v) is 5.05. The summed E-state index contributed by atoms with van der Waals surface area (Å²) < 4.78 is 40.5. The lowest BCUT2D eigenvalue weighted by atomic mass is 10.2. The number of fused-ring (bicyclic) bond motifs is 1. The molecular formula is C17H17N3O4S2. The van der Waals surface area contributed by atoms with Crippen molar-refractivity contribution < 1.29 is 17.9 Å². The molecule has 3 aromatic rings. The number of ether oxygens (including phenoxy) is 2. The third-order valence-electron chi connectivity index (χ3n) is 3.95. The number of sulfonamides is 1. The van der Waals surface area contributed by atoms with Crippen LogP contribution in [0.15, 0.2) is 53.3 Å². The summed E-state index contributed by atoms with van der Waals surface area (Å²) in [6.45, 7) is 1.30. The molecular weight excluding hydrogens is 374 g/mol. The molecule has 136 valence electrons. The Kier molecular flexibility index (Phi) is 4.66. The second-order valence-electron chi connectivity index (χ2n) is 5.74. The standard InChI is InChI=1S/C17H17N3O4S2/c21-26(22,19-6-1-8-20-9-7-18-11-20)17-5-4-16(25-17)13-2-3-14-15(10-13)24-12-23-14/h2-5,7,9-11,19H,1,6,8,12H2. The van der Waals surface area contributed by atoms with Gasteiger partial charge in [-0.1, -0.05) is 0 Å². The van der Waals surface area contributed by atoms with Crippen LogP contribution in [0.2, 0.25) is 0 Å². The molecule has 4 rings (SSSR count). The Morgan fingerprint density at radius 3 is 2.92 bits per heavy atom. The topological polar surface area (TPSA) is 82.5 Å². The van der Waals surface area contributed by atoms with Gasteiger partial charge in [0.15, 0.2) is 11.5 Å². The van der Waals surface area contributed by atoms with E-state index in [-0.39, 0.29) is 6.79 Å². The highest BCUT2D eigenvalue weighted by Gasteiger charge is 2.19. The molecule has 26 heavy (non-hydrogen) atoms. The Labute approximate surface area is 155 Å². The highest BCUT2D eigenvalue weighted by atomic mass is 32.2. The number of aryl methyl sites for hydroxylation is 1. The predicted molar refractivity (Wildman–Crippen MR) is 97.9 cm³/mol. The summed E-state index contributed by atoms with van der Waals surface area (Å²) in [5.41, 5.74) is 0.904. The van der Waals surface area contributed by atoms with E-state index in [0.29, 0.717) is 28.7 Å². The Hall–Kier alpha value is -2.36. The van der Waals surface area contributed by atoms with Crippen LogP contribution >= 0.6 is 11.3 Å². The second-order valence-corrected chi connectivity index (χ2v) is 8.82. The molecule has 0 atom stereocenters. The van der Waals surface area contributed by atoms with Crippen molar-refractivity contribution in [2.75, 3.05) is 13.3 Å². The fourth-order valence-electron chi connectivity index (χ4n) is 2.63. The van der Waals surface area contributed by atoms with E-state index in [1.165, 1.54) is 11.3 Å². The van der Waals surface area contributed by atoms with Crippen LogP contribution in [-0.2, 0) is 16.6 Å². The highest BCUT2D eigenvalue weighted by molar-refractivity contribution is 7.91. The van der Waals surface area contributed by atoms with E-state index in [0.717, 1.165) is 17.0 Å². The van der Waals surface area contributed by atoms with E-state index in [1.54, 1.807) is 18.6 Å². The van der Waals surface area contributed by atoms with Gasteiger partial charge in [-0.25, -0.2) is 18.1 Å². The maximum Gasteiger partial charge on any atom is 0.250 e. The first kappa shape index (κ1) is 17.1. The number of rotatable bonds is 7. The minimum Gasteiger partial charge on any atom is -0.454 e. The van der Waals surface area contributed by atoms with E-state index >= 15 is 0 Å². The zero-order valence-corrected chi connectivity index (χ0v) is 15.4. The van der Waals surface area contributed by atoms with E-state index in [4.69, 9.17) is 9.47 Å².